The summed E-state index contributed by atoms with van der Waals surface area (Å²) in [5, 5.41) is 9.44. The number of phenolic OH excluding ortho intramolecular Hbond substituents is 1. The van der Waals surface area contributed by atoms with Gasteiger partial charge in [0.2, 0.25) is 0 Å². The van der Waals surface area contributed by atoms with Crippen molar-refractivity contribution in [2.45, 2.75) is 72.6 Å². The third kappa shape index (κ3) is 16.1. The Morgan fingerprint density at radius 3 is 2.04 bits per heavy atom. The maximum absolute atomic E-state index is 9.44. The Hall–Kier alpha value is -1.15. The molecule has 25 heavy (non-hydrogen) atoms. The fourth-order valence-electron chi connectivity index (χ4n) is 2.39. The Kier molecular flexibility index (Phi) is 20.0. The van der Waals surface area contributed by atoms with Crippen LogP contribution in [0.5, 0.6) is 5.75 Å². The first-order valence-corrected chi connectivity index (χ1v) is 10.4. The maximum atomic E-state index is 9.44. The first kappa shape index (κ1) is 26.1. The lowest BCUT2D eigenvalue weighted by molar-refractivity contribution is 0.470. The molecule has 0 saturated heterocycles. The van der Waals surface area contributed by atoms with Crippen LogP contribution in [-0.2, 0) is 6.42 Å². The van der Waals surface area contributed by atoms with E-state index in [0.29, 0.717) is 5.75 Å². The lowest BCUT2D eigenvalue weighted by Crippen LogP contribution is -1.87. The van der Waals surface area contributed by atoms with Crippen molar-refractivity contribution < 1.29 is 5.11 Å². The third-order valence-corrected chi connectivity index (χ3v) is 4.74. The van der Waals surface area contributed by atoms with Gasteiger partial charge in [0.1, 0.15) is 5.75 Å². The van der Waals surface area contributed by atoms with Crippen LogP contribution in [0.3, 0.4) is 0 Å². The molecule has 1 aromatic carbocycles. The summed E-state index contributed by atoms with van der Waals surface area (Å²) in [7, 11) is 0. The van der Waals surface area contributed by atoms with Gasteiger partial charge < -0.3 is 5.11 Å². The molecule has 0 unspecified atom stereocenters. The summed E-state index contributed by atoms with van der Waals surface area (Å²) in [6, 6.07) is 5.96. The first-order chi connectivity index (χ1) is 11.7. The van der Waals surface area contributed by atoms with Gasteiger partial charge in [-0.2, -0.15) is 11.8 Å². The zero-order valence-electron chi connectivity index (χ0n) is 15.7. The second-order valence-electron chi connectivity index (χ2n) is 6.11. The summed E-state index contributed by atoms with van der Waals surface area (Å²) < 4.78 is 0. The zero-order chi connectivity index (χ0) is 18.0. The van der Waals surface area contributed by atoms with Crippen LogP contribution in [0.15, 0.2) is 43.5 Å². The van der Waals surface area contributed by atoms with Gasteiger partial charge in [-0.25, -0.2) is 0 Å². The number of thioether (sulfide) groups is 1. The highest BCUT2D eigenvalue weighted by atomic mass is 32.2. The minimum Gasteiger partial charge on any atom is -0.508 e. The van der Waals surface area contributed by atoms with Crippen molar-refractivity contribution in [2.24, 2.45) is 0 Å². The van der Waals surface area contributed by atoms with E-state index in [1.54, 1.807) is 0 Å². The highest BCUT2D eigenvalue weighted by molar-refractivity contribution is 7.99. The van der Waals surface area contributed by atoms with E-state index >= 15 is 0 Å². The average Bonchev–Trinajstić information content (AvgIpc) is 2.58. The van der Waals surface area contributed by atoms with Crippen molar-refractivity contribution in [3.05, 3.63) is 54.6 Å². The van der Waals surface area contributed by atoms with Crippen LogP contribution < -0.4 is 0 Å². The molecule has 0 aliphatic carbocycles. The normalized spacial score (nSPS) is 9.52. The van der Waals surface area contributed by atoms with E-state index < -0.39 is 0 Å². The van der Waals surface area contributed by atoms with Gasteiger partial charge in [0.25, 0.3) is 0 Å². The Balaban J connectivity index is 0. The molecule has 0 aliphatic heterocycles. The highest BCUT2D eigenvalue weighted by Crippen LogP contribution is 2.18. The zero-order valence-corrected chi connectivity index (χ0v) is 16.5. The Morgan fingerprint density at radius 1 is 0.960 bits per heavy atom. The van der Waals surface area contributed by atoms with Crippen molar-refractivity contribution in [3.63, 3.8) is 0 Å². The lowest BCUT2D eigenvalue weighted by Gasteiger charge is -2.04. The van der Waals surface area contributed by atoms with Crippen molar-refractivity contribution in [3.8, 4) is 5.75 Å². The van der Waals surface area contributed by atoms with E-state index in [4.69, 9.17) is 0 Å². The van der Waals surface area contributed by atoms with Gasteiger partial charge in [0.05, 0.1) is 0 Å². The Bertz CT molecular complexity index is 432. The van der Waals surface area contributed by atoms with Crippen molar-refractivity contribution in [1.82, 2.24) is 0 Å². The summed E-state index contributed by atoms with van der Waals surface area (Å²) in [6.07, 6.45) is 14.4. The second-order valence-corrected chi connectivity index (χ2v) is 7.18. The lowest BCUT2D eigenvalue weighted by atomic mass is 10.0. The quantitative estimate of drug-likeness (QED) is 0.302. The maximum Gasteiger partial charge on any atom is 0.118 e. The van der Waals surface area contributed by atoms with Crippen molar-refractivity contribution in [2.75, 3.05) is 11.5 Å². The average molecular weight is 365 g/mol. The summed E-state index contributed by atoms with van der Waals surface area (Å²) in [5.41, 5.74) is 2.35. The van der Waals surface area contributed by atoms with Crippen LogP contribution in [0, 0.1) is 6.92 Å². The molecule has 2 heteroatoms. The van der Waals surface area contributed by atoms with Crippen LogP contribution in [-0.4, -0.2) is 16.6 Å². The number of aryl methyl sites for hydroxylation is 2. The minimum atomic E-state index is 0. The molecule has 0 atom stereocenters. The van der Waals surface area contributed by atoms with Gasteiger partial charge in [0, 0.05) is 11.5 Å². The SMILES string of the molecule is C.C=CCSCC=C.CCCCCCCCCc1ccc(O)c(C)c1. The topological polar surface area (TPSA) is 20.2 Å². The largest absolute Gasteiger partial charge is 0.508 e. The number of aromatic hydroxyl groups is 1. The van der Waals surface area contributed by atoms with E-state index in [2.05, 4.69) is 26.1 Å². The molecule has 0 aliphatic rings. The van der Waals surface area contributed by atoms with Gasteiger partial charge in [-0.3, -0.25) is 0 Å². The third-order valence-electron chi connectivity index (χ3n) is 3.80. The first-order valence-electron chi connectivity index (χ1n) is 9.23. The fourth-order valence-corrected chi connectivity index (χ4v) is 2.86. The smallest absolute Gasteiger partial charge is 0.118 e. The molecule has 1 rings (SSSR count). The molecule has 0 amide bonds. The van der Waals surface area contributed by atoms with Crippen LogP contribution in [0.1, 0.15) is 70.4 Å². The van der Waals surface area contributed by atoms with E-state index in [9.17, 15) is 5.11 Å². The van der Waals surface area contributed by atoms with Crippen LogP contribution in [0.2, 0.25) is 0 Å². The molecule has 0 saturated carbocycles. The molecule has 0 fully saturated rings. The number of phenols is 1. The van der Waals surface area contributed by atoms with Crippen molar-refractivity contribution in [1.29, 1.82) is 0 Å². The number of hydrogen-bond acceptors (Lipinski definition) is 2. The van der Waals surface area contributed by atoms with Gasteiger partial charge in [-0.1, -0.05) is 77.2 Å². The molecule has 0 heterocycles. The second kappa shape index (κ2) is 19.2. The summed E-state index contributed by atoms with van der Waals surface area (Å²) >= 11 is 1.82. The summed E-state index contributed by atoms with van der Waals surface area (Å²) in [6.45, 7) is 11.4. The van der Waals surface area contributed by atoms with Crippen LogP contribution in [0.25, 0.3) is 0 Å². The van der Waals surface area contributed by atoms with Crippen LogP contribution in [0.4, 0.5) is 0 Å². The molecule has 0 radical (unpaired) electrons. The Labute approximate surface area is 161 Å². The Morgan fingerprint density at radius 2 is 1.52 bits per heavy atom. The molecule has 1 N–H and O–H groups in total. The van der Waals surface area contributed by atoms with Gasteiger partial charge in [-0.15, -0.1) is 13.2 Å². The predicted molar refractivity (Wildman–Crippen MR) is 119 cm³/mol. The number of benzene rings is 1. The van der Waals surface area contributed by atoms with E-state index in [0.717, 1.165) is 23.5 Å². The van der Waals surface area contributed by atoms with E-state index in [-0.39, 0.29) is 7.43 Å². The molecule has 0 bridgehead atoms. The monoisotopic (exact) mass is 364 g/mol. The minimum absolute atomic E-state index is 0. The number of rotatable bonds is 12. The molecular formula is C23H40OS. The molecule has 0 spiro atoms. The molecule has 0 aromatic heterocycles. The van der Waals surface area contributed by atoms with E-state index in [1.807, 2.05) is 43.0 Å². The van der Waals surface area contributed by atoms with Gasteiger partial charge >= 0.3 is 0 Å². The van der Waals surface area contributed by atoms with Gasteiger partial charge in [-0.05, 0) is 37.0 Å². The molecule has 1 nitrogen and oxygen atoms in total. The van der Waals surface area contributed by atoms with Crippen molar-refractivity contribution >= 4 is 11.8 Å². The standard InChI is InChI=1S/C16H26O.C6H10S.CH4/c1-3-4-5-6-7-8-9-10-15-11-12-16(17)14(2)13-15;1-3-5-7-6-4-2;/h11-13,17H,3-10H2,1-2H3;3-4H,1-2,5-6H2;1H4. The molecule has 1 aromatic rings. The molecular weight excluding hydrogens is 324 g/mol. The summed E-state index contributed by atoms with van der Waals surface area (Å²) in [4.78, 5) is 0. The van der Waals surface area contributed by atoms with Gasteiger partial charge in [0.15, 0.2) is 0 Å². The highest BCUT2D eigenvalue weighted by Gasteiger charge is 1.98. The van der Waals surface area contributed by atoms with E-state index in [1.165, 1.54) is 50.5 Å². The summed E-state index contributed by atoms with van der Waals surface area (Å²) in [5.74, 6) is 2.48. The predicted octanol–water partition coefficient (Wildman–Crippen LogP) is 7.72. The number of unbranched alkanes of at least 4 members (excludes halogenated alkanes) is 6. The van der Waals surface area contributed by atoms with Crippen LogP contribution >= 0.6 is 11.8 Å². The number of hydrogen-bond donors (Lipinski definition) is 1. The molecule has 144 valence electrons. The fraction of sp³-hybridized carbons (Fsp3) is 0.565.